The fraction of sp³-hybridized carbons (Fsp3) is 0.188. The number of aryl methyl sites for hydroxylation is 2. The van der Waals surface area contributed by atoms with Crippen LogP contribution >= 0.6 is 11.3 Å². The first-order valence-corrected chi connectivity index (χ1v) is 8.30. The van der Waals surface area contributed by atoms with Gasteiger partial charge in [0.2, 0.25) is 0 Å². The molecule has 11 heteroatoms. The molecule has 7 nitrogen and oxygen atoms in total. The number of carbonyl (C=O) groups is 1. The summed E-state index contributed by atoms with van der Waals surface area (Å²) in [4.78, 5) is 27.2. The zero-order valence-corrected chi connectivity index (χ0v) is 14.8. The third kappa shape index (κ3) is 3.58. The Morgan fingerprint density at radius 2 is 1.85 bits per heavy atom. The van der Waals surface area contributed by atoms with Crippen LogP contribution in [0.1, 0.15) is 15.6 Å². The normalized spacial score (nSPS) is 16.2. The Balaban J connectivity index is 2.06. The van der Waals surface area contributed by atoms with Gasteiger partial charge in [0.05, 0.1) is 31.8 Å². The number of carbonyl (C=O) groups excluding carboxylic acids is 1. The van der Waals surface area contributed by atoms with Crippen LogP contribution in [-0.4, -0.2) is 27.7 Å². The summed E-state index contributed by atoms with van der Waals surface area (Å²) < 4.78 is 40.2. The van der Waals surface area contributed by atoms with E-state index >= 15 is 0 Å². The zero-order chi connectivity index (χ0) is 19.9. The first-order chi connectivity index (χ1) is 12.6. The monoisotopic (exact) mass is 396 g/mol. The molecule has 0 saturated carbocycles. The molecule has 1 aromatic carbocycles. The second-order valence-corrected chi connectivity index (χ2v) is 6.81. The van der Waals surface area contributed by atoms with E-state index in [1.165, 1.54) is 12.1 Å². The summed E-state index contributed by atoms with van der Waals surface area (Å²) in [5, 5.41) is 15.4. The summed E-state index contributed by atoms with van der Waals surface area (Å²) in [6.07, 6.45) is -3.72. The van der Waals surface area contributed by atoms with Gasteiger partial charge in [0.15, 0.2) is 5.71 Å². The minimum atomic E-state index is -4.84. The van der Waals surface area contributed by atoms with Gasteiger partial charge in [-0.1, -0.05) is 0 Å². The second-order valence-electron chi connectivity index (χ2n) is 5.58. The zero-order valence-electron chi connectivity index (χ0n) is 13.9. The number of anilines is 1. The molecule has 0 N–H and O–H groups in total. The molecule has 0 unspecified atom stereocenters. The summed E-state index contributed by atoms with van der Waals surface area (Å²) in [6.45, 7) is 3.34. The molecule has 0 spiro atoms. The van der Waals surface area contributed by atoms with E-state index in [-0.39, 0.29) is 11.4 Å². The maximum Gasteiger partial charge on any atom is 0.435 e. The summed E-state index contributed by atoms with van der Waals surface area (Å²) in [7, 11) is 0. The minimum Gasteiger partial charge on any atom is -0.267 e. The predicted molar refractivity (Wildman–Crippen MR) is 93.6 cm³/mol. The van der Waals surface area contributed by atoms with E-state index in [1.54, 1.807) is 13.8 Å². The number of non-ortho nitro benzene ring substituents is 1. The Morgan fingerprint density at radius 3 is 2.33 bits per heavy atom. The molecule has 1 aliphatic heterocycles. The molecular weight excluding hydrogens is 385 g/mol. The van der Waals surface area contributed by atoms with Gasteiger partial charge >= 0.3 is 6.18 Å². The van der Waals surface area contributed by atoms with E-state index in [9.17, 15) is 28.1 Å². The number of hydrogen-bond acceptors (Lipinski definition) is 6. The van der Waals surface area contributed by atoms with Gasteiger partial charge in [-0.25, -0.2) is 4.98 Å². The SMILES string of the molecule is Cc1nc(C)c(C=C2C(=O)N(c3ccc([N+](=O)[O-])cc3)N=C2C(F)(F)F)s1. The van der Waals surface area contributed by atoms with Crippen LogP contribution < -0.4 is 5.01 Å². The molecule has 1 aliphatic rings. The van der Waals surface area contributed by atoms with Gasteiger partial charge in [0.25, 0.3) is 11.6 Å². The number of amides is 1. The van der Waals surface area contributed by atoms with Crippen molar-refractivity contribution in [2.45, 2.75) is 20.0 Å². The van der Waals surface area contributed by atoms with Crippen molar-refractivity contribution in [3.05, 3.63) is 55.5 Å². The number of thiazole rings is 1. The molecular formula is C16H11F3N4O3S. The van der Waals surface area contributed by atoms with E-state index < -0.39 is 28.3 Å². The molecule has 0 saturated heterocycles. The maximum atomic E-state index is 13.4. The van der Waals surface area contributed by atoms with Crippen molar-refractivity contribution in [2.75, 3.05) is 5.01 Å². The van der Waals surface area contributed by atoms with Gasteiger partial charge in [-0.15, -0.1) is 11.3 Å². The molecule has 0 fully saturated rings. The molecule has 3 rings (SSSR count). The lowest BCUT2D eigenvalue weighted by Crippen LogP contribution is -2.25. The number of benzene rings is 1. The lowest BCUT2D eigenvalue weighted by molar-refractivity contribution is -0.384. The Bertz CT molecular complexity index is 993. The Hall–Kier alpha value is -3.08. The van der Waals surface area contributed by atoms with Gasteiger partial charge < -0.3 is 0 Å². The van der Waals surface area contributed by atoms with Crippen LogP contribution in [0, 0.1) is 24.0 Å². The van der Waals surface area contributed by atoms with E-state index in [1.807, 2.05) is 0 Å². The molecule has 2 aromatic rings. The molecule has 27 heavy (non-hydrogen) atoms. The molecule has 0 bridgehead atoms. The molecule has 2 heterocycles. The number of hydrazone groups is 1. The van der Waals surface area contributed by atoms with E-state index in [2.05, 4.69) is 10.1 Å². The molecule has 0 radical (unpaired) electrons. The Morgan fingerprint density at radius 1 is 1.22 bits per heavy atom. The second kappa shape index (κ2) is 6.58. The van der Waals surface area contributed by atoms with Gasteiger partial charge in [-0.3, -0.25) is 14.9 Å². The van der Waals surface area contributed by atoms with Crippen molar-refractivity contribution >= 4 is 40.4 Å². The number of alkyl halides is 3. The van der Waals surface area contributed by atoms with E-state index in [4.69, 9.17) is 0 Å². The first kappa shape index (κ1) is 18.7. The van der Waals surface area contributed by atoms with Gasteiger partial charge in [0.1, 0.15) is 0 Å². The number of nitro groups is 1. The van der Waals surface area contributed by atoms with Crippen molar-refractivity contribution < 1.29 is 22.9 Å². The average Bonchev–Trinajstić information content (AvgIpc) is 3.07. The van der Waals surface area contributed by atoms with Crippen LogP contribution in [0.2, 0.25) is 0 Å². The van der Waals surface area contributed by atoms with Gasteiger partial charge in [-0.2, -0.15) is 23.3 Å². The smallest absolute Gasteiger partial charge is 0.267 e. The highest BCUT2D eigenvalue weighted by Crippen LogP contribution is 2.34. The van der Waals surface area contributed by atoms with Crippen LogP contribution in [0.3, 0.4) is 0 Å². The number of aromatic nitrogens is 1. The van der Waals surface area contributed by atoms with Gasteiger partial charge in [-0.05, 0) is 32.1 Å². The largest absolute Gasteiger partial charge is 0.435 e. The number of nitro benzene ring substituents is 1. The molecule has 0 aliphatic carbocycles. The summed E-state index contributed by atoms with van der Waals surface area (Å²) in [5.74, 6) is -0.971. The average molecular weight is 396 g/mol. The molecule has 1 aromatic heterocycles. The summed E-state index contributed by atoms with van der Waals surface area (Å²) >= 11 is 1.16. The number of halogens is 3. The van der Waals surface area contributed by atoms with Crippen LogP contribution in [0.15, 0.2) is 34.9 Å². The highest BCUT2D eigenvalue weighted by molar-refractivity contribution is 7.12. The molecule has 1 amide bonds. The number of hydrogen-bond donors (Lipinski definition) is 0. The van der Waals surface area contributed by atoms with Crippen LogP contribution in [0.4, 0.5) is 24.5 Å². The van der Waals surface area contributed by atoms with Crippen LogP contribution in [0.5, 0.6) is 0 Å². The summed E-state index contributed by atoms with van der Waals surface area (Å²) in [6, 6.07) is 4.50. The summed E-state index contributed by atoms with van der Waals surface area (Å²) in [5.41, 5.74) is -1.68. The highest BCUT2D eigenvalue weighted by atomic mass is 32.1. The quantitative estimate of drug-likeness (QED) is 0.445. The fourth-order valence-electron chi connectivity index (χ4n) is 2.46. The van der Waals surface area contributed by atoms with Crippen molar-refractivity contribution in [3.63, 3.8) is 0 Å². The Labute approximate surface area is 154 Å². The fourth-order valence-corrected chi connectivity index (χ4v) is 3.33. The maximum absolute atomic E-state index is 13.4. The highest BCUT2D eigenvalue weighted by Gasteiger charge is 2.47. The third-order valence-electron chi connectivity index (χ3n) is 3.67. The molecule has 0 atom stereocenters. The van der Waals surface area contributed by atoms with E-state index in [0.29, 0.717) is 20.6 Å². The van der Waals surface area contributed by atoms with Crippen LogP contribution in [-0.2, 0) is 4.79 Å². The predicted octanol–water partition coefficient (Wildman–Crippen LogP) is 4.02. The first-order valence-electron chi connectivity index (χ1n) is 7.48. The van der Waals surface area contributed by atoms with Crippen molar-refractivity contribution in [1.82, 2.24) is 4.98 Å². The third-order valence-corrected chi connectivity index (χ3v) is 4.69. The number of rotatable bonds is 3. The van der Waals surface area contributed by atoms with E-state index in [0.717, 1.165) is 29.5 Å². The van der Waals surface area contributed by atoms with Crippen LogP contribution in [0.25, 0.3) is 6.08 Å². The van der Waals surface area contributed by atoms with Crippen molar-refractivity contribution in [1.29, 1.82) is 0 Å². The van der Waals surface area contributed by atoms with Crippen molar-refractivity contribution in [2.24, 2.45) is 5.10 Å². The standard InChI is InChI=1S/C16H11F3N4O3S/c1-8-13(27-9(2)20-8)7-12-14(16(17,18)19)21-22(15(12)24)10-3-5-11(6-4-10)23(25)26/h3-7H,1-2H3. The number of nitrogens with zero attached hydrogens (tertiary/aromatic N) is 4. The van der Waals surface area contributed by atoms with Gasteiger partial charge in [0, 0.05) is 12.1 Å². The minimum absolute atomic E-state index is 0.00652. The Kier molecular flexibility index (Phi) is 4.56. The topological polar surface area (TPSA) is 88.7 Å². The van der Waals surface area contributed by atoms with Crippen molar-refractivity contribution in [3.8, 4) is 0 Å². The molecule has 140 valence electrons. The lowest BCUT2D eigenvalue weighted by Gasteiger charge is -2.10. The lowest BCUT2D eigenvalue weighted by atomic mass is 10.1.